The maximum atomic E-state index is 16.1. The predicted octanol–water partition coefficient (Wildman–Crippen LogP) is 7.33. The summed E-state index contributed by atoms with van der Waals surface area (Å²) in [7, 11) is 4.39. The minimum atomic E-state index is -1.61. The number of methoxy groups -OCH3 is 3. The molecule has 0 N–H and O–H groups in total. The van der Waals surface area contributed by atoms with E-state index in [1.807, 2.05) is 109 Å². The van der Waals surface area contributed by atoms with Gasteiger partial charge in [0.05, 0.1) is 60.3 Å². The number of amides is 2. The Morgan fingerprint density at radius 1 is 0.615 bits per heavy atom. The van der Waals surface area contributed by atoms with Crippen LogP contribution in [0, 0.1) is 11.8 Å². The molecule has 5 aromatic carbocycles. The van der Waals surface area contributed by atoms with E-state index in [0.717, 1.165) is 4.90 Å². The Bertz CT molecular complexity index is 2180. The van der Waals surface area contributed by atoms with Crippen LogP contribution in [0.25, 0.3) is 11.1 Å². The van der Waals surface area contributed by atoms with E-state index in [0.29, 0.717) is 44.9 Å². The molecule has 9 heteroatoms. The molecular formula is C43H32ClNO7. The van der Waals surface area contributed by atoms with Crippen LogP contribution in [-0.4, -0.2) is 44.9 Å². The van der Waals surface area contributed by atoms with Crippen molar-refractivity contribution in [1.29, 1.82) is 0 Å². The number of benzene rings is 5. The van der Waals surface area contributed by atoms with Crippen molar-refractivity contribution in [2.24, 2.45) is 11.8 Å². The lowest BCUT2D eigenvalue weighted by Gasteiger charge is -2.39. The van der Waals surface area contributed by atoms with E-state index >= 15 is 14.4 Å². The summed E-state index contributed by atoms with van der Waals surface area (Å²) in [5.74, 6) is -3.12. The zero-order chi connectivity index (χ0) is 36.4. The highest BCUT2D eigenvalue weighted by Crippen LogP contribution is 2.74. The molecule has 5 aromatic rings. The third-order valence-electron chi connectivity index (χ3n) is 10.8. The lowest BCUT2D eigenvalue weighted by Crippen LogP contribution is -2.45. The van der Waals surface area contributed by atoms with Gasteiger partial charge in [-0.15, -0.1) is 0 Å². The fraction of sp³-hybridized carbons (Fsp3) is 0.163. The van der Waals surface area contributed by atoms with Crippen molar-refractivity contribution in [3.05, 3.63) is 160 Å². The number of imide groups is 1. The van der Waals surface area contributed by atoms with Crippen LogP contribution in [0.4, 0.5) is 5.69 Å². The van der Waals surface area contributed by atoms with E-state index in [2.05, 4.69) is 0 Å². The van der Waals surface area contributed by atoms with E-state index < -0.39 is 40.4 Å². The number of halogens is 1. The quantitative estimate of drug-likeness (QED) is 0.123. The molecule has 8 nitrogen and oxygen atoms in total. The number of hydrogen-bond acceptors (Lipinski definition) is 7. The van der Waals surface area contributed by atoms with Crippen LogP contribution in [0.1, 0.15) is 32.6 Å². The minimum absolute atomic E-state index is 0.00453. The summed E-state index contributed by atoms with van der Waals surface area (Å²) in [5, 5.41) is 0.108. The molecular weight excluding hydrogens is 678 g/mol. The molecule has 258 valence electrons. The van der Waals surface area contributed by atoms with Crippen molar-refractivity contribution in [3.8, 4) is 11.5 Å². The van der Waals surface area contributed by atoms with E-state index in [1.54, 1.807) is 14.2 Å². The summed E-state index contributed by atoms with van der Waals surface area (Å²) in [6.07, 6.45) is 0. The van der Waals surface area contributed by atoms with Crippen LogP contribution in [-0.2, 0) is 30.0 Å². The van der Waals surface area contributed by atoms with Crippen LogP contribution in [0.2, 0.25) is 5.02 Å². The molecule has 0 spiro atoms. The van der Waals surface area contributed by atoms with Crippen molar-refractivity contribution in [1.82, 2.24) is 0 Å². The van der Waals surface area contributed by atoms with Gasteiger partial charge in [0, 0.05) is 0 Å². The van der Waals surface area contributed by atoms with Gasteiger partial charge in [-0.3, -0.25) is 14.4 Å². The lowest BCUT2D eigenvalue weighted by atomic mass is 9.59. The van der Waals surface area contributed by atoms with Crippen molar-refractivity contribution >= 4 is 52.0 Å². The predicted molar refractivity (Wildman–Crippen MR) is 196 cm³/mol. The Morgan fingerprint density at radius 2 is 1.06 bits per heavy atom. The smallest absolute Gasteiger partial charge is 0.339 e. The van der Waals surface area contributed by atoms with Crippen molar-refractivity contribution in [3.63, 3.8) is 0 Å². The molecule has 1 heterocycles. The van der Waals surface area contributed by atoms with Crippen molar-refractivity contribution < 1.29 is 33.4 Å². The fourth-order valence-electron chi connectivity index (χ4n) is 8.81. The number of carbonyl (C=O) groups is 4. The average Bonchev–Trinajstić information content (AvgIpc) is 3.70. The average molecular weight is 710 g/mol. The summed E-state index contributed by atoms with van der Waals surface area (Å²) >= 11 is 6.38. The second-order valence-corrected chi connectivity index (χ2v) is 13.4. The number of anilines is 1. The Labute approximate surface area is 305 Å². The molecule has 1 aliphatic heterocycles. The molecule has 52 heavy (non-hydrogen) atoms. The van der Waals surface area contributed by atoms with E-state index in [4.69, 9.17) is 25.8 Å². The Hall–Kier alpha value is -5.99. The molecule has 3 aliphatic rings. The first-order valence-corrected chi connectivity index (χ1v) is 17.1. The van der Waals surface area contributed by atoms with Gasteiger partial charge in [-0.2, -0.15) is 0 Å². The summed E-state index contributed by atoms with van der Waals surface area (Å²) in [6, 6.07) is 37.7. The number of Topliss-reactive ketones (excluding diaryl/α,β-unsaturated/α-hetero) is 1. The fourth-order valence-corrected chi connectivity index (χ4v) is 9.01. The Morgan fingerprint density at radius 3 is 1.46 bits per heavy atom. The number of ketones is 1. The molecule has 2 amide bonds. The number of ether oxygens (including phenoxy) is 3. The molecule has 2 fully saturated rings. The summed E-state index contributed by atoms with van der Waals surface area (Å²) in [6.45, 7) is 0. The van der Waals surface area contributed by atoms with Crippen molar-refractivity contribution in [2.75, 3.05) is 26.2 Å². The summed E-state index contributed by atoms with van der Waals surface area (Å²) in [4.78, 5) is 60.5. The third kappa shape index (κ3) is 4.34. The Balaban J connectivity index is 1.51. The van der Waals surface area contributed by atoms with Crippen LogP contribution in [0.15, 0.2) is 127 Å². The van der Waals surface area contributed by atoms with Gasteiger partial charge in [0.15, 0.2) is 5.78 Å². The van der Waals surface area contributed by atoms with Gasteiger partial charge in [0.25, 0.3) is 0 Å². The number of esters is 1. The highest BCUT2D eigenvalue weighted by Gasteiger charge is 2.82. The highest BCUT2D eigenvalue weighted by molar-refractivity contribution is 6.39. The van der Waals surface area contributed by atoms with Crippen molar-refractivity contribution in [2.45, 2.75) is 10.8 Å². The van der Waals surface area contributed by atoms with Gasteiger partial charge in [-0.1, -0.05) is 96.5 Å². The molecule has 8 rings (SSSR count). The number of hydrogen-bond donors (Lipinski definition) is 0. The first-order chi connectivity index (χ1) is 25.2. The van der Waals surface area contributed by atoms with E-state index in [9.17, 15) is 4.79 Å². The standard InChI is InChI=1S/C43H32ClNO7/c1-50-30-19-14-25(15-20-30)34-35(26-16-21-31(51-2)22-17-26)43(28-12-8-5-9-13-28)37-36(42(34,41(43)49)27-10-6-4-7-11-27)38(46)45(39(37)47)29-18-23-33(44)32(24-29)40(48)52-3/h4-24,36-37H,1-3H3/t36-,37+,42-,43-/m1/s1. The normalized spacial score (nSPS) is 23.2. The molecule has 1 saturated carbocycles. The second kappa shape index (κ2) is 12.4. The number of rotatable bonds is 8. The van der Waals surface area contributed by atoms with Crippen LogP contribution in [0.5, 0.6) is 11.5 Å². The van der Waals surface area contributed by atoms with Gasteiger partial charge in [0.1, 0.15) is 11.5 Å². The molecule has 1 saturated heterocycles. The summed E-state index contributed by atoms with van der Waals surface area (Å²) in [5.41, 5.74) is 0.820. The number of nitrogens with zero attached hydrogens (tertiary/aromatic N) is 1. The lowest BCUT2D eigenvalue weighted by molar-refractivity contribution is -0.130. The molecule has 2 aliphatic carbocycles. The monoisotopic (exact) mass is 709 g/mol. The molecule has 4 atom stereocenters. The number of allylic oxidation sites excluding steroid dienone is 2. The van der Waals surface area contributed by atoms with Crippen LogP contribution < -0.4 is 14.4 Å². The SMILES string of the molecule is COC(=O)c1cc(N2C(=O)[C@@H]3[C@H](C2=O)[C@]2(c4ccccc4)C(=O)[C@]3(c3ccccc3)C(c3ccc(OC)cc3)=C2c2ccc(OC)cc2)ccc1Cl. The summed E-state index contributed by atoms with van der Waals surface area (Å²) < 4.78 is 16.0. The van der Waals surface area contributed by atoms with E-state index in [-0.39, 0.29) is 22.1 Å². The Kier molecular flexibility index (Phi) is 7.88. The zero-order valence-electron chi connectivity index (χ0n) is 28.5. The van der Waals surface area contributed by atoms with E-state index in [1.165, 1.54) is 25.3 Å². The third-order valence-corrected chi connectivity index (χ3v) is 11.2. The largest absolute Gasteiger partial charge is 0.497 e. The van der Waals surface area contributed by atoms with Gasteiger partial charge >= 0.3 is 5.97 Å². The van der Waals surface area contributed by atoms with Crippen LogP contribution >= 0.6 is 11.6 Å². The first-order valence-electron chi connectivity index (χ1n) is 16.7. The molecule has 2 bridgehead atoms. The van der Waals surface area contributed by atoms with Crippen LogP contribution in [0.3, 0.4) is 0 Å². The topological polar surface area (TPSA) is 99.2 Å². The van der Waals surface area contributed by atoms with Gasteiger partial charge < -0.3 is 14.2 Å². The molecule has 0 radical (unpaired) electrons. The van der Waals surface area contributed by atoms with Gasteiger partial charge in [-0.05, 0) is 75.9 Å². The van der Waals surface area contributed by atoms with Gasteiger partial charge in [0.2, 0.25) is 11.8 Å². The number of carbonyl (C=O) groups excluding carboxylic acids is 4. The maximum Gasteiger partial charge on any atom is 0.339 e. The second-order valence-electron chi connectivity index (χ2n) is 13.0. The highest BCUT2D eigenvalue weighted by atomic mass is 35.5. The molecule has 0 unspecified atom stereocenters. The minimum Gasteiger partial charge on any atom is -0.497 e. The zero-order valence-corrected chi connectivity index (χ0v) is 29.2. The van der Waals surface area contributed by atoms with Gasteiger partial charge in [-0.25, -0.2) is 9.69 Å². The number of fused-ring (bicyclic) bond motifs is 5. The first kappa shape index (κ1) is 33.2. The molecule has 0 aromatic heterocycles. The maximum absolute atomic E-state index is 16.1.